The van der Waals surface area contributed by atoms with Crippen molar-refractivity contribution in [1.82, 2.24) is 4.98 Å². The molecular formula is C9H11N3. The van der Waals surface area contributed by atoms with E-state index in [0.29, 0.717) is 12.1 Å². The molecule has 62 valence electrons. The van der Waals surface area contributed by atoms with Gasteiger partial charge in [-0.3, -0.25) is 4.98 Å². The van der Waals surface area contributed by atoms with E-state index in [1.165, 1.54) is 0 Å². The van der Waals surface area contributed by atoms with Gasteiger partial charge in [0.15, 0.2) is 0 Å². The molecule has 3 nitrogen and oxygen atoms in total. The van der Waals surface area contributed by atoms with Crippen LogP contribution in [0, 0.1) is 11.3 Å². The molecule has 0 saturated heterocycles. The Hall–Kier alpha value is -1.40. The van der Waals surface area contributed by atoms with Gasteiger partial charge in [0.2, 0.25) is 0 Å². The summed E-state index contributed by atoms with van der Waals surface area (Å²) >= 11 is 0. The van der Waals surface area contributed by atoms with Crippen LogP contribution >= 0.6 is 0 Å². The molecule has 0 spiro atoms. The van der Waals surface area contributed by atoms with Crippen molar-refractivity contribution in [3.63, 3.8) is 0 Å². The molecule has 1 rings (SSSR count). The molecule has 1 aromatic rings. The first-order valence-electron chi connectivity index (χ1n) is 3.92. The quantitative estimate of drug-likeness (QED) is 0.714. The fourth-order valence-electron chi connectivity index (χ4n) is 0.922. The highest BCUT2D eigenvalue weighted by Crippen LogP contribution is 2.00. The smallest absolute Gasteiger partial charge is 0.101 e. The summed E-state index contributed by atoms with van der Waals surface area (Å²) in [6.45, 7) is 0.682. The Morgan fingerprint density at radius 2 is 2.33 bits per heavy atom. The minimum absolute atomic E-state index is 0.603. The van der Waals surface area contributed by atoms with E-state index in [0.717, 1.165) is 18.5 Å². The van der Waals surface area contributed by atoms with Crippen molar-refractivity contribution < 1.29 is 0 Å². The zero-order valence-electron chi connectivity index (χ0n) is 6.83. The first-order valence-corrected chi connectivity index (χ1v) is 3.92. The average Bonchev–Trinajstić information content (AvgIpc) is 2.15. The van der Waals surface area contributed by atoms with Gasteiger partial charge in [0, 0.05) is 11.9 Å². The lowest BCUT2D eigenvalue weighted by Crippen LogP contribution is -2.01. The summed E-state index contributed by atoms with van der Waals surface area (Å²) in [6.07, 6.45) is 3.42. The molecule has 1 heterocycles. The second-order valence-corrected chi connectivity index (χ2v) is 2.54. The number of nitrogens with zero attached hydrogens (tertiary/aromatic N) is 2. The minimum Gasteiger partial charge on any atom is -0.330 e. The fraction of sp³-hybridized carbons (Fsp3) is 0.333. The second-order valence-electron chi connectivity index (χ2n) is 2.54. The third-order valence-electron chi connectivity index (χ3n) is 1.59. The molecule has 0 aliphatic heterocycles. The highest BCUT2D eigenvalue weighted by Gasteiger charge is 1.93. The van der Waals surface area contributed by atoms with E-state index < -0.39 is 0 Å². The van der Waals surface area contributed by atoms with Crippen LogP contribution in [0.25, 0.3) is 0 Å². The van der Waals surface area contributed by atoms with E-state index >= 15 is 0 Å². The molecular weight excluding hydrogens is 150 g/mol. The van der Waals surface area contributed by atoms with Crippen molar-refractivity contribution >= 4 is 0 Å². The summed E-state index contributed by atoms with van der Waals surface area (Å²) in [4.78, 5) is 4.11. The third kappa shape index (κ3) is 2.33. The Morgan fingerprint density at radius 1 is 1.50 bits per heavy atom. The molecule has 0 bridgehead atoms. The molecule has 2 N–H and O–H groups in total. The van der Waals surface area contributed by atoms with E-state index in [1.54, 1.807) is 12.3 Å². The lowest BCUT2D eigenvalue weighted by atomic mass is 10.2. The topological polar surface area (TPSA) is 62.7 Å². The maximum Gasteiger partial charge on any atom is 0.101 e. The molecule has 0 radical (unpaired) electrons. The molecule has 0 aliphatic carbocycles. The average molecular weight is 161 g/mol. The van der Waals surface area contributed by atoms with E-state index in [2.05, 4.69) is 4.98 Å². The minimum atomic E-state index is 0.603. The van der Waals surface area contributed by atoms with Crippen molar-refractivity contribution in [2.24, 2.45) is 5.73 Å². The van der Waals surface area contributed by atoms with Crippen molar-refractivity contribution in [3.8, 4) is 6.07 Å². The maximum atomic E-state index is 8.49. The van der Waals surface area contributed by atoms with Gasteiger partial charge in [-0.2, -0.15) is 5.26 Å². The molecule has 0 atom stereocenters. The number of pyridine rings is 1. The Bertz CT molecular complexity index is 271. The summed E-state index contributed by atoms with van der Waals surface area (Å²) in [5, 5.41) is 8.49. The van der Waals surface area contributed by atoms with Gasteiger partial charge in [-0.15, -0.1) is 0 Å². The molecule has 0 amide bonds. The first kappa shape index (κ1) is 8.69. The van der Waals surface area contributed by atoms with Gasteiger partial charge in [-0.05, 0) is 31.5 Å². The molecule has 0 unspecified atom stereocenters. The Morgan fingerprint density at radius 3 is 2.83 bits per heavy atom. The number of hydrogen-bond donors (Lipinski definition) is 1. The maximum absolute atomic E-state index is 8.49. The van der Waals surface area contributed by atoms with Crippen molar-refractivity contribution in [2.75, 3.05) is 6.54 Å². The van der Waals surface area contributed by atoms with Gasteiger partial charge in [0.25, 0.3) is 0 Å². The van der Waals surface area contributed by atoms with Gasteiger partial charge >= 0.3 is 0 Å². The molecule has 12 heavy (non-hydrogen) atoms. The van der Waals surface area contributed by atoms with Gasteiger partial charge in [-0.25, -0.2) is 0 Å². The van der Waals surface area contributed by atoms with E-state index in [-0.39, 0.29) is 0 Å². The predicted molar refractivity (Wildman–Crippen MR) is 46.3 cm³/mol. The highest BCUT2D eigenvalue weighted by molar-refractivity contribution is 5.26. The van der Waals surface area contributed by atoms with E-state index in [9.17, 15) is 0 Å². The summed E-state index contributed by atoms with van der Waals surface area (Å²) in [6, 6.07) is 5.67. The number of nitrogens with two attached hydrogens (primary N) is 1. The van der Waals surface area contributed by atoms with Crippen LogP contribution < -0.4 is 5.73 Å². The normalized spacial score (nSPS) is 9.33. The van der Waals surface area contributed by atoms with Crippen LogP contribution in [0.1, 0.15) is 17.7 Å². The van der Waals surface area contributed by atoms with Crippen LogP contribution in [0.15, 0.2) is 18.3 Å². The van der Waals surface area contributed by atoms with Crippen molar-refractivity contribution in [1.29, 1.82) is 5.26 Å². The number of aryl methyl sites for hydroxylation is 1. The Kier molecular flexibility index (Phi) is 3.24. The summed E-state index contributed by atoms with van der Waals surface area (Å²) in [7, 11) is 0. The first-order chi connectivity index (χ1) is 5.86. The van der Waals surface area contributed by atoms with E-state index in [1.807, 2.05) is 12.1 Å². The summed E-state index contributed by atoms with van der Waals surface area (Å²) < 4.78 is 0. The van der Waals surface area contributed by atoms with Crippen LogP contribution in [0.3, 0.4) is 0 Å². The van der Waals surface area contributed by atoms with Gasteiger partial charge in [-0.1, -0.05) is 0 Å². The van der Waals surface area contributed by atoms with Crippen LogP contribution in [0.2, 0.25) is 0 Å². The third-order valence-corrected chi connectivity index (χ3v) is 1.59. The number of rotatable bonds is 3. The number of aromatic nitrogens is 1. The van der Waals surface area contributed by atoms with Crippen molar-refractivity contribution in [3.05, 3.63) is 29.6 Å². The van der Waals surface area contributed by atoms with Crippen LogP contribution in [-0.2, 0) is 6.42 Å². The molecule has 0 fully saturated rings. The van der Waals surface area contributed by atoms with Crippen LogP contribution in [0.5, 0.6) is 0 Å². The lowest BCUT2D eigenvalue weighted by molar-refractivity contribution is 0.810. The Balaban J connectivity index is 2.60. The molecule has 1 aromatic heterocycles. The molecule has 3 heteroatoms. The molecule has 0 aliphatic rings. The number of nitriles is 1. The Labute approximate surface area is 71.8 Å². The van der Waals surface area contributed by atoms with Gasteiger partial charge in [0.1, 0.15) is 6.07 Å². The molecule has 0 aromatic carbocycles. The monoisotopic (exact) mass is 161 g/mol. The molecule has 0 saturated carbocycles. The highest BCUT2D eigenvalue weighted by atomic mass is 14.7. The van der Waals surface area contributed by atoms with Gasteiger partial charge in [0.05, 0.1) is 5.56 Å². The van der Waals surface area contributed by atoms with Crippen LogP contribution in [-0.4, -0.2) is 11.5 Å². The summed E-state index contributed by atoms with van der Waals surface area (Å²) in [5.41, 5.74) is 6.96. The van der Waals surface area contributed by atoms with E-state index in [4.69, 9.17) is 11.0 Å². The largest absolute Gasteiger partial charge is 0.330 e. The van der Waals surface area contributed by atoms with Crippen molar-refractivity contribution in [2.45, 2.75) is 12.8 Å². The SMILES string of the molecule is N#Cc1ccc(CCCN)nc1. The second kappa shape index (κ2) is 4.47. The van der Waals surface area contributed by atoms with Crippen LogP contribution in [0.4, 0.5) is 0 Å². The van der Waals surface area contributed by atoms with Gasteiger partial charge < -0.3 is 5.73 Å². The lowest BCUT2D eigenvalue weighted by Gasteiger charge is -1.97. The number of hydrogen-bond acceptors (Lipinski definition) is 3. The zero-order valence-corrected chi connectivity index (χ0v) is 6.83. The standard InChI is InChI=1S/C9H11N3/c10-5-1-2-9-4-3-8(6-11)7-12-9/h3-4,7H,1-2,5,10H2. The summed E-state index contributed by atoms with van der Waals surface area (Å²) in [5.74, 6) is 0. The fourth-order valence-corrected chi connectivity index (χ4v) is 0.922. The predicted octanol–water partition coefficient (Wildman–Crippen LogP) is 0.845. The zero-order chi connectivity index (χ0) is 8.81.